The number of anilines is 2. The Hall–Kier alpha value is -3.37. The quantitative estimate of drug-likeness (QED) is 0.487. The van der Waals surface area contributed by atoms with E-state index in [4.69, 9.17) is 0 Å². The summed E-state index contributed by atoms with van der Waals surface area (Å²) in [4.78, 5) is 11.1. The first kappa shape index (κ1) is 20.4. The lowest BCUT2D eigenvalue weighted by Gasteiger charge is -2.11. The van der Waals surface area contributed by atoms with Crippen molar-refractivity contribution in [2.45, 2.75) is 27.0 Å². The van der Waals surface area contributed by atoms with Gasteiger partial charge in [-0.05, 0) is 59.0 Å². The maximum absolute atomic E-state index is 11.1. The van der Waals surface area contributed by atoms with Crippen molar-refractivity contribution >= 4 is 29.4 Å². The van der Waals surface area contributed by atoms with Crippen LogP contribution in [0.15, 0.2) is 66.7 Å². The molecule has 0 aromatic heterocycles. The number of nitrogens with one attached hydrogen (secondary N) is 2. The number of rotatable bonds is 7. The molecule has 0 aliphatic heterocycles. The molecule has 4 nitrogen and oxygen atoms in total. The molecule has 148 valence electrons. The van der Waals surface area contributed by atoms with Crippen molar-refractivity contribution < 1.29 is 9.90 Å². The molecule has 0 heterocycles. The Morgan fingerprint density at radius 2 is 1.66 bits per heavy atom. The third kappa shape index (κ3) is 5.80. The highest BCUT2D eigenvalue weighted by atomic mass is 16.3. The number of hydrogen-bond donors (Lipinski definition) is 3. The first-order valence-corrected chi connectivity index (χ1v) is 9.63. The molecular weight excluding hydrogens is 360 g/mol. The largest absolute Gasteiger partial charge is 0.392 e. The third-order valence-electron chi connectivity index (χ3n) is 4.74. The number of hydrogen-bond acceptors (Lipinski definition) is 3. The van der Waals surface area contributed by atoms with E-state index in [9.17, 15) is 9.90 Å². The Balaban J connectivity index is 1.70. The standard InChI is InChI=1S/C25H26N2O2/c1-18-7-12-25(15-23(18)17-28)26-16-22-6-4-3-5-21(22)11-8-20-9-13-24(14-10-20)27-19(2)29/h3-15,26,28H,16-17H2,1-2H3,(H,27,29)/b11-8+. The summed E-state index contributed by atoms with van der Waals surface area (Å²) in [5, 5.41) is 15.7. The highest BCUT2D eigenvalue weighted by Crippen LogP contribution is 2.19. The molecule has 3 aromatic rings. The van der Waals surface area contributed by atoms with Gasteiger partial charge >= 0.3 is 0 Å². The van der Waals surface area contributed by atoms with Crippen LogP contribution in [0.5, 0.6) is 0 Å². The molecule has 4 heteroatoms. The van der Waals surface area contributed by atoms with E-state index >= 15 is 0 Å². The summed E-state index contributed by atoms with van der Waals surface area (Å²) in [5.74, 6) is -0.0746. The van der Waals surface area contributed by atoms with Crippen LogP contribution in [-0.2, 0) is 17.9 Å². The average molecular weight is 386 g/mol. The van der Waals surface area contributed by atoms with Crippen LogP contribution in [0, 0.1) is 6.92 Å². The minimum absolute atomic E-state index is 0.0431. The molecule has 3 aromatic carbocycles. The third-order valence-corrected chi connectivity index (χ3v) is 4.74. The number of amides is 1. The molecule has 3 rings (SSSR count). The van der Waals surface area contributed by atoms with Gasteiger partial charge in [0.15, 0.2) is 0 Å². The lowest BCUT2D eigenvalue weighted by atomic mass is 10.0. The fourth-order valence-corrected chi connectivity index (χ4v) is 3.07. The normalized spacial score (nSPS) is 10.9. The first-order chi connectivity index (χ1) is 14.0. The van der Waals surface area contributed by atoms with E-state index in [-0.39, 0.29) is 12.5 Å². The number of aliphatic hydroxyl groups is 1. The van der Waals surface area contributed by atoms with Gasteiger partial charge in [0.2, 0.25) is 5.91 Å². The van der Waals surface area contributed by atoms with Crippen LogP contribution in [0.3, 0.4) is 0 Å². The van der Waals surface area contributed by atoms with Gasteiger partial charge in [-0.3, -0.25) is 4.79 Å². The van der Waals surface area contributed by atoms with Crippen molar-refractivity contribution in [3.05, 3.63) is 94.5 Å². The maximum atomic E-state index is 11.1. The minimum atomic E-state index is -0.0746. The second-order valence-corrected chi connectivity index (χ2v) is 6.99. The van der Waals surface area contributed by atoms with E-state index in [0.29, 0.717) is 6.54 Å². The van der Waals surface area contributed by atoms with E-state index in [1.807, 2.05) is 61.5 Å². The van der Waals surface area contributed by atoms with Crippen LogP contribution < -0.4 is 10.6 Å². The van der Waals surface area contributed by atoms with Crippen LogP contribution in [0.4, 0.5) is 11.4 Å². The summed E-state index contributed by atoms with van der Waals surface area (Å²) in [6, 6.07) is 22.0. The Bertz CT molecular complexity index is 1010. The van der Waals surface area contributed by atoms with Gasteiger partial charge in [-0.1, -0.05) is 54.6 Å². The molecule has 29 heavy (non-hydrogen) atoms. The zero-order valence-corrected chi connectivity index (χ0v) is 16.8. The topological polar surface area (TPSA) is 61.4 Å². The lowest BCUT2D eigenvalue weighted by Crippen LogP contribution is -2.05. The van der Waals surface area contributed by atoms with Crippen LogP contribution in [0.25, 0.3) is 12.2 Å². The highest BCUT2D eigenvalue weighted by molar-refractivity contribution is 5.88. The summed E-state index contributed by atoms with van der Waals surface area (Å²) >= 11 is 0. The monoisotopic (exact) mass is 386 g/mol. The van der Waals surface area contributed by atoms with E-state index in [1.165, 1.54) is 12.5 Å². The number of carbonyl (C=O) groups excluding carboxylic acids is 1. The smallest absolute Gasteiger partial charge is 0.221 e. The lowest BCUT2D eigenvalue weighted by molar-refractivity contribution is -0.114. The highest BCUT2D eigenvalue weighted by Gasteiger charge is 2.02. The van der Waals surface area contributed by atoms with Crippen LogP contribution in [-0.4, -0.2) is 11.0 Å². The maximum Gasteiger partial charge on any atom is 0.221 e. The molecular formula is C25H26N2O2. The number of carbonyl (C=O) groups is 1. The first-order valence-electron chi connectivity index (χ1n) is 9.63. The number of aryl methyl sites for hydroxylation is 1. The molecule has 0 saturated carbocycles. The van der Waals surface area contributed by atoms with Crippen molar-refractivity contribution in [2.24, 2.45) is 0 Å². The zero-order chi connectivity index (χ0) is 20.6. The van der Waals surface area contributed by atoms with Crippen molar-refractivity contribution in [3.63, 3.8) is 0 Å². The fourth-order valence-electron chi connectivity index (χ4n) is 3.07. The zero-order valence-electron chi connectivity index (χ0n) is 16.8. The molecule has 0 bridgehead atoms. The van der Waals surface area contributed by atoms with Gasteiger partial charge < -0.3 is 15.7 Å². The van der Waals surface area contributed by atoms with Crippen molar-refractivity contribution in [1.82, 2.24) is 0 Å². The van der Waals surface area contributed by atoms with Gasteiger partial charge in [0, 0.05) is 24.8 Å². The Morgan fingerprint density at radius 1 is 0.931 bits per heavy atom. The van der Waals surface area contributed by atoms with Gasteiger partial charge in [-0.15, -0.1) is 0 Å². The molecule has 0 fully saturated rings. The van der Waals surface area contributed by atoms with Gasteiger partial charge in [0.1, 0.15) is 0 Å². The van der Waals surface area contributed by atoms with Crippen LogP contribution in [0.2, 0.25) is 0 Å². The van der Waals surface area contributed by atoms with E-state index < -0.39 is 0 Å². The van der Waals surface area contributed by atoms with Gasteiger partial charge in [-0.2, -0.15) is 0 Å². The van der Waals surface area contributed by atoms with Crippen LogP contribution in [0.1, 0.15) is 34.7 Å². The van der Waals surface area contributed by atoms with Crippen molar-refractivity contribution in [3.8, 4) is 0 Å². The van der Waals surface area contributed by atoms with Crippen molar-refractivity contribution in [2.75, 3.05) is 10.6 Å². The van der Waals surface area contributed by atoms with E-state index in [1.54, 1.807) is 0 Å². The predicted molar refractivity (Wildman–Crippen MR) is 121 cm³/mol. The van der Waals surface area contributed by atoms with Gasteiger partial charge in [0.25, 0.3) is 0 Å². The van der Waals surface area contributed by atoms with Crippen LogP contribution >= 0.6 is 0 Å². The molecule has 0 aliphatic rings. The van der Waals surface area contributed by atoms with E-state index in [0.717, 1.165) is 33.6 Å². The predicted octanol–water partition coefficient (Wildman–Crippen LogP) is 5.23. The summed E-state index contributed by atoms with van der Waals surface area (Å²) in [6.45, 7) is 4.23. The molecule has 0 radical (unpaired) electrons. The summed E-state index contributed by atoms with van der Waals surface area (Å²) in [5.41, 5.74) is 7.20. The second kappa shape index (κ2) is 9.71. The summed E-state index contributed by atoms with van der Waals surface area (Å²) in [6.07, 6.45) is 4.16. The molecule has 1 amide bonds. The van der Waals surface area contributed by atoms with Crippen molar-refractivity contribution in [1.29, 1.82) is 0 Å². The Morgan fingerprint density at radius 3 is 2.38 bits per heavy atom. The van der Waals surface area contributed by atoms with E-state index in [2.05, 4.69) is 34.9 Å². The Kier molecular flexibility index (Phi) is 6.82. The minimum Gasteiger partial charge on any atom is -0.392 e. The number of benzene rings is 3. The molecule has 3 N–H and O–H groups in total. The van der Waals surface area contributed by atoms with Gasteiger partial charge in [-0.25, -0.2) is 0 Å². The SMILES string of the molecule is CC(=O)Nc1ccc(/C=C/c2ccccc2CNc2ccc(C)c(CO)c2)cc1. The van der Waals surface area contributed by atoms with Gasteiger partial charge in [0.05, 0.1) is 6.61 Å². The average Bonchev–Trinajstić information content (AvgIpc) is 2.73. The summed E-state index contributed by atoms with van der Waals surface area (Å²) < 4.78 is 0. The molecule has 0 atom stereocenters. The molecule has 0 spiro atoms. The molecule has 0 saturated heterocycles. The second-order valence-electron chi connectivity index (χ2n) is 6.99. The Labute approximate surface area is 171 Å². The summed E-state index contributed by atoms with van der Waals surface area (Å²) in [7, 11) is 0. The number of aliphatic hydroxyl groups excluding tert-OH is 1. The molecule has 0 unspecified atom stereocenters. The fraction of sp³-hybridized carbons (Fsp3) is 0.160. The molecule has 0 aliphatic carbocycles.